The van der Waals surface area contributed by atoms with E-state index in [2.05, 4.69) is 27.8 Å². The van der Waals surface area contributed by atoms with Gasteiger partial charge >= 0.3 is 6.18 Å². The molecule has 1 aliphatic rings. The van der Waals surface area contributed by atoms with Crippen molar-refractivity contribution < 1.29 is 22.8 Å². The van der Waals surface area contributed by atoms with Crippen LogP contribution in [0.1, 0.15) is 16.7 Å². The normalized spacial score (nSPS) is 18.1. The summed E-state index contributed by atoms with van der Waals surface area (Å²) >= 11 is 0. The van der Waals surface area contributed by atoms with Gasteiger partial charge in [-0.25, -0.2) is 0 Å². The zero-order valence-corrected chi connectivity index (χ0v) is 17.8. The molecule has 0 bridgehead atoms. The number of aromatic nitrogens is 1. The molecule has 172 valence electrons. The van der Waals surface area contributed by atoms with Gasteiger partial charge in [0.05, 0.1) is 11.3 Å². The predicted octanol–water partition coefficient (Wildman–Crippen LogP) is 5.19. The Morgan fingerprint density at radius 3 is 2.15 bits per heavy atom. The highest BCUT2D eigenvalue weighted by Crippen LogP contribution is 2.32. The molecule has 4 aromatic rings. The molecule has 1 heterocycles. The second-order valence-electron chi connectivity index (χ2n) is 8.29. The fourth-order valence-electron chi connectivity index (χ4n) is 4.14. The van der Waals surface area contributed by atoms with Crippen LogP contribution in [0, 0.1) is 0 Å². The summed E-state index contributed by atoms with van der Waals surface area (Å²) in [4.78, 5) is 27.7. The van der Waals surface area contributed by atoms with Crippen LogP contribution in [0.25, 0.3) is 10.9 Å². The van der Waals surface area contributed by atoms with Crippen LogP contribution in [0.15, 0.2) is 79.0 Å². The van der Waals surface area contributed by atoms with Crippen molar-refractivity contribution in [3.05, 3.63) is 95.7 Å². The Labute approximate surface area is 193 Å². The summed E-state index contributed by atoms with van der Waals surface area (Å²) in [6.07, 6.45) is -1.96. The quantitative estimate of drug-likeness (QED) is 0.344. The van der Waals surface area contributed by atoms with Crippen molar-refractivity contribution in [1.82, 2.24) is 4.98 Å². The van der Waals surface area contributed by atoms with Crippen molar-refractivity contribution in [2.75, 3.05) is 10.6 Å². The Morgan fingerprint density at radius 1 is 0.794 bits per heavy atom. The molecule has 1 aliphatic carbocycles. The molecule has 1 fully saturated rings. The largest absolute Gasteiger partial charge is 0.416 e. The number of nitrogens with one attached hydrogen (secondary N) is 3. The van der Waals surface area contributed by atoms with Gasteiger partial charge in [-0.2, -0.15) is 13.2 Å². The van der Waals surface area contributed by atoms with E-state index in [0.717, 1.165) is 35.0 Å². The summed E-state index contributed by atoms with van der Waals surface area (Å²) in [7, 11) is 0. The van der Waals surface area contributed by atoms with Gasteiger partial charge in [0, 0.05) is 22.8 Å². The van der Waals surface area contributed by atoms with Gasteiger partial charge in [-0.3, -0.25) is 9.59 Å². The Balaban J connectivity index is 1.34. The minimum Gasteiger partial charge on any atom is -0.373 e. The average Bonchev–Trinajstić information content (AvgIpc) is 3.23. The van der Waals surface area contributed by atoms with Gasteiger partial charge in [-0.1, -0.05) is 36.4 Å². The molecule has 0 amide bonds. The molecule has 34 heavy (non-hydrogen) atoms. The van der Waals surface area contributed by atoms with E-state index >= 15 is 0 Å². The number of anilines is 2. The van der Waals surface area contributed by atoms with E-state index in [0.29, 0.717) is 11.4 Å². The molecular weight excluding hydrogens is 443 g/mol. The monoisotopic (exact) mass is 463 g/mol. The number of halogens is 3. The minimum atomic E-state index is -4.44. The SMILES string of the molecule is O=C1C(=O)C(Nc2c[nH]c3ccc(Cc4ccccc4)cc23)C1Nc1ccc(C(F)(F)F)cc1. The smallest absolute Gasteiger partial charge is 0.373 e. The van der Waals surface area contributed by atoms with Crippen LogP contribution < -0.4 is 10.6 Å². The molecule has 0 aliphatic heterocycles. The standard InChI is InChI=1S/C26H20F3N3O2/c27-26(28,29)17-7-9-18(10-8-17)31-22-23(25(34)24(22)33)32-21-14-30-20-11-6-16(13-19(20)21)12-15-4-2-1-3-5-15/h1-11,13-14,22-23,30-32H,12H2. The number of H-pyrrole nitrogens is 1. The Hall–Kier alpha value is -4.07. The first-order valence-corrected chi connectivity index (χ1v) is 10.7. The summed E-state index contributed by atoms with van der Waals surface area (Å²) in [5.41, 5.74) is 3.37. The molecular formula is C26H20F3N3O2. The first-order chi connectivity index (χ1) is 16.3. The number of carbonyl (C=O) groups excluding carboxylic acids is 2. The number of Topliss-reactive ketones (excluding diaryl/α,β-unsaturated/α-hetero) is 2. The third-order valence-electron chi connectivity index (χ3n) is 5.98. The van der Waals surface area contributed by atoms with E-state index in [1.165, 1.54) is 17.7 Å². The average molecular weight is 463 g/mol. The van der Waals surface area contributed by atoms with Gasteiger partial charge < -0.3 is 15.6 Å². The second-order valence-corrected chi connectivity index (χ2v) is 8.29. The molecule has 2 unspecified atom stereocenters. The third-order valence-corrected chi connectivity index (χ3v) is 5.98. The summed E-state index contributed by atoms with van der Waals surface area (Å²) in [6, 6.07) is 18.7. The van der Waals surface area contributed by atoms with Crippen molar-refractivity contribution >= 4 is 33.8 Å². The fraction of sp³-hybridized carbons (Fsp3) is 0.154. The number of hydrogen-bond acceptors (Lipinski definition) is 4. The zero-order chi connectivity index (χ0) is 23.9. The number of carbonyl (C=O) groups is 2. The van der Waals surface area contributed by atoms with Crippen LogP contribution in [0.4, 0.5) is 24.5 Å². The maximum absolute atomic E-state index is 12.8. The van der Waals surface area contributed by atoms with Gasteiger partial charge in [0.25, 0.3) is 0 Å². The molecule has 5 nitrogen and oxygen atoms in total. The molecule has 1 aromatic heterocycles. The van der Waals surface area contributed by atoms with E-state index < -0.39 is 35.4 Å². The van der Waals surface area contributed by atoms with Gasteiger partial charge in [-0.15, -0.1) is 0 Å². The van der Waals surface area contributed by atoms with Crippen molar-refractivity contribution in [2.24, 2.45) is 0 Å². The summed E-state index contributed by atoms with van der Waals surface area (Å²) in [5.74, 6) is -1.18. The first-order valence-electron chi connectivity index (χ1n) is 10.7. The molecule has 0 spiro atoms. The van der Waals surface area contributed by atoms with Crippen LogP contribution in [0.3, 0.4) is 0 Å². The van der Waals surface area contributed by atoms with Crippen LogP contribution >= 0.6 is 0 Å². The fourth-order valence-corrected chi connectivity index (χ4v) is 4.14. The van der Waals surface area contributed by atoms with Crippen LogP contribution in [-0.2, 0) is 22.2 Å². The summed E-state index contributed by atoms with van der Waals surface area (Å²) in [6.45, 7) is 0. The van der Waals surface area contributed by atoms with Crippen molar-refractivity contribution in [3.63, 3.8) is 0 Å². The predicted molar refractivity (Wildman–Crippen MR) is 124 cm³/mol. The molecule has 8 heteroatoms. The highest BCUT2D eigenvalue weighted by Gasteiger charge is 2.49. The summed E-state index contributed by atoms with van der Waals surface area (Å²) < 4.78 is 38.4. The van der Waals surface area contributed by atoms with E-state index in [4.69, 9.17) is 0 Å². The Bertz CT molecular complexity index is 1360. The molecule has 3 aromatic carbocycles. The maximum Gasteiger partial charge on any atom is 0.416 e. The van der Waals surface area contributed by atoms with Crippen molar-refractivity contribution in [1.29, 1.82) is 0 Å². The van der Waals surface area contributed by atoms with Crippen LogP contribution in [0.2, 0.25) is 0 Å². The first kappa shape index (κ1) is 21.8. The minimum absolute atomic E-state index is 0.328. The number of aromatic amines is 1. The van der Waals surface area contributed by atoms with Crippen LogP contribution in [-0.4, -0.2) is 28.6 Å². The second kappa shape index (κ2) is 8.37. The number of benzene rings is 3. The van der Waals surface area contributed by atoms with Gasteiger partial charge in [-0.05, 0) is 53.9 Å². The van der Waals surface area contributed by atoms with Crippen LogP contribution in [0.5, 0.6) is 0 Å². The van der Waals surface area contributed by atoms with Gasteiger partial charge in [0.1, 0.15) is 12.1 Å². The summed E-state index contributed by atoms with van der Waals surface area (Å²) in [5, 5.41) is 6.90. The van der Waals surface area contributed by atoms with Gasteiger partial charge in [0.15, 0.2) is 0 Å². The van der Waals surface area contributed by atoms with Crippen molar-refractivity contribution in [2.45, 2.75) is 24.7 Å². The van der Waals surface area contributed by atoms with E-state index in [-0.39, 0.29) is 0 Å². The number of ketones is 2. The van der Waals surface area contributed by atoms with E-state index in [1.54, 1.807) is 6.20 Å². The molecule has 0 radical (unpaired) electrons. The molecule has 0 saturated heterocycles. The van der Waals surface area contributed by atoms with E-state index in [9.17, 15) is 22.8 Å². The lowest BCUT2D eigenvalue weighted by Gasteiger charge is -2.35. The Morgan fingerprint density at radius 2 is 1.47 bits per heavy atom. The lowest BCUT2D eigenvalue weighted by molar-refractivity contribution is -0.144. The highest BCUT2D eigenvalue weighted by atomic mass is 19.4. The zero-order valence-electron chi connectivity index (χ0n) is 17.8. The molecule has 3 N–H and O–H groups in total. The lowest BCUT2D eigenvalue weighted by atomic mass is 9.82. The maximum atomic E-state index is 12.8. The highest BCUT2D eigenvalue weighted by molar-refractivity contribution is 6.50. The number of fused-ring (bicyclic) bond motifs is 1. The van der Waals surface area contributed by atoms with Gasteiger partial charge in [0.2, 0.25) is 11.6 Å². The van der Waals surface area contributed by atoms with E-state index in [1.807, 2.05) is 36.4 Å². The van der Waals surface area contributed by atoms with Crippen molar-refractivity contribution in [3.8, 4) is 0 Å². The third kappa shape index (κ3) is 4.14. The number of alkyl halides is 3. The molecule has 5 rings (SSSR count). The lowest BCUT2D eigenvalue weighted by Crippen LogP contribution is -2.64. The molecule has 1 saturated carbocycles. The Kier molecular flexibility index (Phi) is 5.36. The number of rotatable bonds is 6. The molecule has 2 atom stereocenters. The topological polar surface area (TPSA) is 74.0 Å². The number of hydrogen-bond donors (Lipinski definition) is 3.